The van der Waals surface area contributed by atoms with E-state index in [4.69, 9.17) is 4.74 Å². The molecule has 1 saturated carbocycles. The summed E-state index contributed by atoms with van der Waals surface area (Å²) in [5.74, 6) is 1.29. The van der Waals surface area contributed by atoms with Crippen molar-refractivity contribution < 1.29 is 9.84 Å². The standard InChI is InChI=1S/C22H34O2S2/c1-6-19(25-5)22(23,16-10-8-7-9-11-16)20-24-18-14-15(2)12-13-17(18)21(3,4)26-20/h7-11,15,17-20,23H,6,12-14H2,1-5H3/t15-,17-,18-,19+,20-,22-/m1/s1. The second-order valence-corrected chi connectivity index (χ2v) is 11.3. The minimum absolute atomic E-state index is 0.107. The van der Waals surface area contributed by atoms with Crippen LogP contribution in [-0.2, 0) is 10.3 Å². The molecule has 1 saturated heterocycles. The molecule has 1 aliphatic carbocycles. The van der Waals surface area contributed by atoms with Crippen LogP contribution in [0.25, 0.3) is 0 Å². The molecular formula is C22H34O2S2. The highest BCUT2D eigenvalue weighted by atomic mass is 32.2. The molecule has 0 aromatic heterocycles. The Balaban J connectivity index is 1.99. The smallest absolute Gasteiger partial charge is 0.138 e. The third-order valence-corrected chi connectivity index (χ3v) is 9.25. The summed E-state index contributed by atoms with van der Waals surface area (Å²) in [4.78, 5) is 0. The van der Waals surface area contributed by atoms with E-state index >= 15 is 0 Å². The Morgan fingerprint density at radius 2 is 2.00 bits per heavy atom. The van der Waals surface area contributed by atoms with Gasteiger partial charge in [0.15, 0.2) is 0 Å². The van der Waals surface area contributed by atoms with Crippen molar-refractivity contribution in [2.75, 3.05) is 6.26 Å². The van der Waals surface area contributed by atoms with Crippen LogP contribution in [0.4, 0.5) is 0 Å². The number of thioether (sulfide) groups is 2. The zero-order valence-corrected chi connectivity index (χ0v) is 18.4. The van der Waals surface area contributed by atoms with E-state index in [2.05, 4.69) is 46.1 Å². The lowest BCUT2D eigenvalue weighted by Crippen LogP contribution is -2.57. The molecule has 0 amide bonds. The van der Waals surface area contributed by atoms with Crippen LogP contribution < -0.4 is 0 Å². The van der Waals surface area contributed by atoms with Gasteiger partial charge in [-0.1, -0.05) is 64.4 Å². The Hall–Kier alpha value is -0.160. The normalized spacial score (nSPS) is 34.5. The molecule has 0 bridgehead atoms. The summed E-state index contributed by atoms with van der Waals surface area (Å²) in [6, 6.07) is 10.2. The van der Waals surface area contributed by atoms with E-state index in [-0.39, 0.29) is 21.5 Å². The quantitative estimate of drug-likeness (QED) is 0.695. The number of hydrogen-bond donors (Lipinski definition) is 1. The van der Waals surface area contributed by atoms with Crippen LogP contribution in [0.15, 0.2) is 30.3 Å². The van der Waals surface area contributed by atoms with E-state index in [0.717, 1.165) is 18.4 Å². The summed E-state index contributed by atoms with van der Waals surface area (Å²) in [6.07, 6.45) is 6.93. The fourth-order valence-corrected chi connectivity index (χ4v) is 7.57. The van der Waals surface area contributed by atoms with Crippen LogP contribution in [0.5, 0.6) is 0 Å². The first kappa shape index (κ1) is 20.6. The van der Waals surface area contributed by atoms with E-state index < -0.39 is 5.60 Å². The molecule has 2 nitrogen and oxygen atoms in total. The maximum absolute atomic E-state index is 12.1. The summed E-state index contributed by atoms with van der Waals surface area (Å²) in [5.41, 5.74) is -0.233. The van der Waals surface area contributed by atoms with Gasteiger partial charge in [0.2, 0.25) is 0 Å². The van der Waals surface area contributed by atoms with Crippen LogP contribution in [0.1, 0.15) is 58.9 Å². The van der Waals surface area contributed by atoms with E-state index in [1.165, 1.54) is 12.8 Å². The molecule has 0 radical (unpaired) electrons. The Labute approximate surface area is 167 Å². The summed E-state index contributed by atoms with van der Waals surface area (Å²) < 4.78 is 6.82. The van der Waals surface area contributed by atoms with Gasteiger partial charge in [0.1, 0.15) is 11.0 Å². The molecule has 1 N–H and O–H groups in total. The Morgan fingerprint density at radius 3 is 2.62 bits per heavy atom. The molecule has 0 unspecified atom stereocenters. The van der Waals surface area contributed by atoms with Gasteiger partial charge in [0.05, 0.1) is 6.10 Å². The van der Waals surface area contributed by atoms with Gasteiger partial charge in [-0.3, -0.25) is 0 Å². The van der Waals surface area contributed by atoms with E-state index in [1.807, 2.05) is 30.0 Å². The van der Waals surface area contributed by atoms with Crippen molar-refractivity contribution in [3.05, 3.63) is 35.9 Å². The van der Waals surface area contributed by atoms with Gasteiger partial charge in [-0.15, -0.1) is 11.8 Å². The minimum atomic E-state index is -0.983. The molecule has 2 aliphatic rings. The number of benzene rings is 1. The Kier molecular flexibility index (Phi) is 6.38. The van der Waals surface area contributed by atoms with Crippen molar-refractivity contribution in [3.8, 4) is 0 Å². The highest BCUT2D eigenvalue weighted by Gasteiger charge is 2.55. The average molecular weight is 395 g/mol. The van der Waals surface area contributed by atoms with Gasteiger partial charge in [-0.2, -0.15) is 11.8 Å². The first-order valence-electron chi connectivity index (χ1n) is 9.96. The molecule has 26 heavy (non-hydrogen) atoms. The predicted molar refractivity (Wildman–Crippen MR) is 115 cm³/mol. The van der Waals surface area contributed by atoms with Gasteiger partial charge in [-0.05, 0) is 42.9 Å². The van der Waals surface area contributed by atoms with E-state index in [0.29, 0.717) is 11.8 Å². The summed E-state index contributed by atoms with van der Waals surface area (Å²) in [6.45, 7) is 9.21. The van der Waals surface area contributed by atoms with Gasteiger partial charge in [0, 0.05) is 10.00 Å². The van der Waals surface area contributed by atoms with Gasteiger partial charge < -0.3 is 9.84 Å². The molecule has 0 spiro atoms. The van der Waals surface area contributed by atoms with Crippen molar-refractivity contribution in [1.29, 1.82) is 0 Å². The largest absolute Gasteiger partial charge is 0.380 e. The second kappa shape index (κ2) is 8.06. The Bertz CT molecular complexity index is 587. The van der Waals surface area contributed by atoms with Crippen LogP contribution >= 0.6 is 23.5 Å². The molecule has 2 fully saturated rings. The molecule has 1 heterocycles. The SMILES string of the molecule is CC[C@H](SC)[C@](O)(c1ccccc1)[C@@H]1O[C@@H]2C[C@H](C)CC[C@H]2C(C)(C)S1. The molecule has 4 heteroatoms. The number of ether oxygens (including phenoxy) is 1. The molecule has 1 aromatic carbocycles. The average Bonchev–Trinajstić information content (AvgIpc) is 2.62. The number of hydrogen-bond acceptors (Lipinski definition) is 4. The zero-order valence-electron chi connectivity index (χ0n) is 16.8. The predicted octanol–water partition coefficient (Wildman–Crippen LogP) is 5.69. The summed E-state index contributed by atoms with van der Waals surface area (Å²) >= 11 is 3.60. The Morgan fingerprint density at radius 1 is 1.31 bits per heavy atom. The van der Waals surface area contributed by atoms with Crippen molar-refractivity contribution in [2.24, 2.45) is 11.8 Å². The molecule has 3 rings (SSSR count). The van der Waals surface area contributed by atoms with E-state index in [1.54, 1.807) is 11.8 Å². The van der Waals surface area contributed by atoms with Gasteiger partial charge in [0.25, 0.3) is 0 Å². The van der Waals surface area contributed by atoms with Crippen molar-refractivity contribution in [3.63, 3.8) is 0 Å². The fourth-order valence-electron chi connectivity index (χ4n) is 4.85. The molecule has 146 valence electrons. The van der Waals surface area contributed by atoms with Crippen LogP contribution in [0.2, 0.25) is 0 Å². The lowest BCUT2D eigenvalue weighted by atomic mass is 9.74. The first-order chi connectivity index (χ1) is 12.3. The van der Waals surface area contributed by atoms with Crippen LogP contribution in [-0.4, -0.2) is 32.9 Å². The highest BCUT2D eigenvalue weighted by molar-refractivity contribution is 8.01. The third kappa shape index (κ3) is 3.72. The van der Waals surface area contributed by atoms with Crippen molar-refractivity contribution in [2.45, 2.75) is 80.5 Å². The molecule has 6 atom stereocenters. The zero-order chi connectivity index (χ0) is 18.9. The topological polar surface area (TPSA) is 29.5 Å². The molecule has 1 aliphatic heterocycles. The maximum Gasteiger partial charge on any atom is 0.138 e. The van der Waals surface area contributed by atoms with Gasteiger partial charge >= 0.3 is 0 Å². The molecular weight excluding hydrogens is 360 g/mol. The summed E-state index contributed by atoms with van der Waals surface area (Å²) in [7, 11) is 0. The van der Waals surface area contributed by atoms with Crippen molar-refractivity contribution >= 4 is 23.5 Å². The lowest BCUT2D eigenvalue weighted by Gasteiger charge is -2.54. The van der Waals surface area contributed by atoms with Gasteiger partial charge in [-0.25, -0.2) is 0 Å². The number of rotatable bonds is 5. The fraction of sp³-hybridized carbons (Fsp3) is 0.727. The lowest BCUT2D eigenvalue weighted by molar-refractivity contribution is -0.137. The monoisotopic (exact) mass is 394 g/mol. The first-order valence-corrected chi connectivity index (χ1v) is 12.1. The summed E-state index contributed by atoms with van der Waals surface area (Å²) in [5, 5.41) is 12.2. The van der Waals surface area contributed by atoms with E-state index in [9.17, 15) is 5.11 Å². The second-order valence-electron chi connectivity index (χ2n) is 8.58. The maximum atomic E-state index is 12.1. The van der Waals surface area contributed by atoms with Crippen LogP contribution in [0, 0.1) is 11.8 Å². The molecule has 1 aromatic rings. The third-order valence-electron chi connectivity index (χ3n) is 6.40. The van der Waals surface area contributed by atoms with Crippen LogP contribution in [0.3, 0.4) is 0 Å². The minimum Gasteiger partial charge on any atom is -0.380 e. The number of aliphatic hydroxyl groups is 1. The number of fused-ring (bicyclic) bond motifs is 1. The van der Waals surface area contributed by atoms with Crippen molar-refractivity contribution in [1.82, 2.24) is 0 Å². The highest BCUT2D eigenvalue weighted by Crippen LogP contribution is 2.55.